The van der Waals surface area contributed by atoms with E-state index >= 15 is 0 Å². The van der Waals surface area contributed by atoms with Crippen LogP contribution in [0.5, 0.6) is 0 Å². The first-order chi connectivity index (χ1) is 10.4. The Morgan fingerprint density at radius 2 is 1.68 bits per heavy atom. The SMILES string of the molecule is CN1CCN(c2cccc3cc[c]([Sn][C](C)(C)C)cc23)CC1. The van der Waals surface area contributed by atoms with Gasteiger partial charge in [0.2, 0.25) is 0 Å². The number of fused-ring (bicyclic) bond motifs is 1. The van der Waals surface area contributed by atoms with E-state index in [2.05, 4.69) is 74.0 Å². The summed E-state index contributed by atoms with van der Waals surface area (Å²) in [6, 6.07) is 13.9. The number of anilines is 1. The normalized spacial score (nSPS) is 17.2. The monoisotopic (exact) mass is 402 g/mol. The van der Waals surface area contributed by atoms with Crippen LogP contribution in [-0.2, 0) is 0 Å². The summed E-state index contributed by atoms with van der Waals surface area (Å²) in [5.74, 6) is 0. The Labute approximate surface area is 144 Å². The summed E-state index contributed by atoms with van der Waals surface area (Å²) in [4.78, 5) is 4.98. The van der Waals surface area contributed by atoms with Crippen molar-refractivity contribution in [1.29, 1.82) is 0 Å². The van der Waals surface area contributed by atoms with Crippen molar-refractivity contribution in [2.75, 3.05) is 38.1 Å². The van der Waals surface area contributed by atoms with Crippen molar-refractivity contribution in [1.82, 2.24) is 4.90 Å². The molecule has 1 heterocycles. The Hall–Kier alpha value is -0.741. The van der Waals surface area contributed by atoms with E-state index in [1.807, 2.05) is 0 Å². The van der Waals surface area contributed by atoms with E-state index < -0.39 is 21.1 Å². The molecule has 2 aromatic rings. The average Bonchev–Trinajstić information content (AvgIpc) is 2.46. The van der Waals surface area contributed by atoms with Gasteiger partial charge >= 0.3 is 145 Å². The van der Waals surface area contributed by atoms with Crippen LogP contribution in [0.1, 0.15) is 20.8 Å². The number of benzene rings is 2. The molecule has 1 aliphatic rings. The average molecular weight is 401 g/mol. The fourth-order valence-electron chi connectivity index (χ4n) is 3.09. The summed E-state index contributed by atoms with van der Waals surface area (Å²) in [5.41, 5.74) is 1.43. The molecule has 22 heavy (non-hydrogen) atoms. The summed E-state index contributed by atoms with van der Waals surface area (Å²) in [5, 5.41) is 2.84. The van der Waals surface area contributed by atoms with E-state index in [0.29, 0.717) is 3.43 Å². The fraction of sp³-hybridized carbons (Fsp3) is 0.474. The predicted molar refractivity (Wildman–Crippen MR) is 98.8 cm³/mol. The van der Waals surface area contributed by atoms with Gasteiger partial charge in [0.15, 0.2) is 0 Å². The second kappa shape index (κ2) is 6.40. The minimum absolute atomic E-state index is 0.500. The van der Waals surface area contributed by atoms with Crippen LogP contribution in [0.15, 0.2) is 36.4 Å². The molecule has 2 radical (unpaired) electrons. The molecule has 1 saturated heterocycles. The van der Waals surface area contributed by atoms with Crippen LogP contribution in [0.3, 0.4) is 0 Å². The number of rotatable bonds is 2. The second-order valence-electron chi connectivity index (χ2n) is 7.38. The molecule has 0 bridgehead atoms. The summed E-state index contributed by atoms with van der Waals surface area (Å²) >= 11 is -0.547. The van der Waals surface area contributed by atoms with Gasteiger partial charge < -0.3 is 0 Å². The van der Waals surface area contributed by atoms with E-state index in [-0.39, 0.29) is 0 Å². The van der Waals surface area contributed by atoms with Crippen molar-refractivity contribution < 1.29 is 0 Å². The standard InChI is InChI=1S/C15H17N2.C4H9.Sn/c1-16-9-11-17(12-10-16)15-8-4-6-13-5-2-3-7-14(13)15;1-4(2)3;/h2,4-8H,9-12H2,1H3;1-3H3;. The number of piperazine rings is 1. The van der Waals surface area contributed by atoms with Crippen molar-refractivity contribution >= 4 is 41.2 Å². The van der Waals surface area contributed by atoms with Gasteiger partial charge in [-0.05, 0) is 0 Å². The topological polar surface area (TPSA) is 6.48 Å². The molecule has 0 unspecified atom stereocenters. The molecule has 0 aliphatic carbocycles. The van der Waals surface area contributed by atoms with E-state index in [0.717, 1.165) is 26.2 Å². The van der Waals surface area contributed by atoms with Gasteiger partial charge in [0, 0.05) is 0 Å². The minimum atomic E-state index is -0.547. The van der Waals surface area contributed by atoms with Gasteiger partial charge in [-0.25, -0.2) is 0 Å². The van der Waals surface area contributed by atoms with Gasteiger partial charge in [0.25, 0.3) is 0 Å². The molecule has 3 heteroatoms. The van der Waals surface area contributed by atoms with Crippen molar-refractivity contribution in [3.63, 3.8) is 0 Å². The van der Waals surface area contributed by atoms with Crippen molar-refractivity contribution in [2.45, 2.75) is 24.2 Å². The Morgan fingerprint density at radius 3 is 2.36 bits per heavy atom. The van der Waals surface area contributed by atoms with Gasteiger partial charge in [0.1, 0.15) is 0 Å². The van der Waals surface area contributed by atoms with E-state index in [4.69, 9.17) is 0 Å². The first-order valence-electron chi connectivity index (χ1n) is 8.17. The zero-order chi connectivity index (χ0) is 15.7. The van der Waals surface area contributed by atoms with Gasteiger partial charge in [0.05, 0.1) is 0 Å². The van der Waals surface area contributed by atoms with Crippen LogP contribution >= 0.6 is 0 Å². The summed E-state index contributed by atoms with van der Waals surface area (Å²) in [6.07, 6.45) is 0. The first kappa shape index (κ1) is 16.1. The third-order valence-corrected chi connectivity index (χ3v) is 8.07. The Morgan fingerprint density at radius 1 is 0.955 bits per heavy atom. The molecule has 0 N–H and O–H groups in total. The van der Waals surface area contributed by atoms with Gasteiger partial charge in [-0.2, -0.15) is 0 Å². The summed E-state index contributed by atoms with van der Waals surface area (Å²) < 4.78 is 2.12. The molecule has 0 saturated carbocycles. The van der Waals surface area contributed by atoms with E-state index in [1.54, 1.807) is 3.58 Å². The maximum atomic E-state index is 2.56. The Bertz CT molecular complexity index is 652. The zero-order valence-electron chi connectivity index (χ0n) is 14.2. The molecule has 1 aliphatic heterocycles. The quantitative estimate of drug-likeness (QED) is 0.714. The Balaban J connectivity index is 1.97. The van der Waals surface area contributed by atoms with E-state index in [1.165, 1.54) is 16.5 Å². The molecular weight excluding hydrogens is 375 g/mol. The van der Waals surface area contributed by atoms with Crippen molar-refractivity contribution in [2.24, 2.45) is 0 Å². The van der Waals surface area contributed by atoms with Crippen LogP contribution in [0.2, 0.25) is 3.43 Å². The molecular formula is C19H26N2Sn. The second-order valence-corrected chi connectivity index (χ2v) is 14.0. The third kappa shape index (κ3) is 3.77. The molecule has 0 amide bonds. The van der Waals surface area contributed by atoms with Crippen LogP contribution in [0, 0.1) is 0 Å². The zero-order valence-corrected chi connectivity index (χ0v) is 17.0. The molecule has 3 rings (SSSR count). The van der Waals surface area contributed by atoms with Crippen LogP contribution in [0.4, 0.5) is 5.69 Å². The van der Waals surface area contributed by atoms with Crippen molar-refractivity contribution in [3.8, 4) is 0 Å². The molecule has 0 atom stereocenters. The van der Waals surface area contributed by atoms with Crippen LogP contribution < -0.4 is 8.48 Å². The number of hydrogen-bond donors (Lipinski definition) is 0. The fourth-order valence-corrected chi connectivity index (χ4v) is 6.66. The van der Waals surface area contributed by atoms with Crippen molar-refractivity contribution in [3.05, 3.63) is 36.4 Å². The van der Waals surface area contributed by atoms with Crippen LogP contribution in [0.25, 0.3) is 10.8 Å². The molecule has 2 aromatic carbocycles. The molecule has 1 fully saturated rings. The van der Waals surface area contributed by atoms with Gasteiger partial charge in [-0.3, -0.25) is 0 Å². The molecule has 0 spiro atoms. The summed E-state index contributed by atoms with van der Waals surface area (Å²) in [6.45, 7) is 11.8. The third-order valence-electron chi connectivity index (χ3n) is 4.22. The first-order valence-corrected chi connectivity index (χ1v) is 11.0. The predicted octanol–water partition coefficient (Wildman–Crippen LogP) is 3.14. The number of nitrogens with zero attached hydrogens (tertiary/aromatic N) is 2. The molecule has 116 valence electrons. The van der Waals surface area contributed by atoms with Gasteiger partial charge in [-0.15, -0.1) is 0 Å². The Kier molecular flexibility index (Phi) is 4.69. The number of hydrogen-bond acceptors (Lipinski definition) is 2. The van der Waals surface area contributed by atoms with Gasteiger partial charge in [-0.1, -0.05) is 0 Å². The number of likely N-dealkylation sites (N-methyl/N-ethyl adjacent to an activating group) is 1. The maximum absolute atomic E-state index is 2.56. The summed E-state index contributed by atoms with van der Waals surface area (Å²) in [7, 11) is 2.22. The van der Waals surface area contributed by atoms with Crippen LogP contribution in [-0.4, -0.2) is 59.3 Å². The van der Waals surface area contributed by atoms with E-state index in [9.17, 15) is 0 Å². The molecule has 2 nitrogen and oxygen atoms in total. The molecule has 0 aromatic heterocycles.